The summed E-state index contributed by atoms with van der Waals surface area (Å²) in [5, 5.41) is 8.63. The molecule has 3 aromatic rings. The lowest BCUT2D eigenvalue weighted by atomic mass is 10.0. The first kappa shape index (κ1) is 19.7. The molecular formula is C23H26N6O2. The molecule has 31 heavy (non-hydrogen) atoms. The van der Waals surface area contributed by atoms with E-state index in [1.165, 1.54) is 5.56 Å². The molecule has 1 saturated heterocycles. The molecule has 8 nitrogen and oxygen atoms in total. The van der Waals surface area contributed by atoms with Crippen molar-refractivity contribution < 1.29 is 9.15 Å². The van der Waals surface area contributed by atoms with Gasteiger partial charge >= 0.3 is 6.01 Å². The Bertz CT molecular complexity index is 1110. The number of rotatable bonds is 5. The summed E-state index contributed by atoms with van der Waals surface area (Å²) in [6.45, 7) is 5.63. The fourth-order valence-electron chi connectivity index (χ4n) is 4.02. The number of allylic oxidation sites excluding steroid dienone is 1. The summed E-state index contributed by atoms with van der Waals surface area (Å²) in [5.74, 6) is 1.07. The molecule has 0 radical (unpaired) electrons. The molecule has 2 aliphatic rings. The van der Waals surface area contributed by atoms with Crippen LogP contribution in [0.25, 0.3) is 16.8 Å². The van der Waals surface area contributed by atoms with Crippen LogP contribution in [0, 0.1) is 0 Å². The van der Waals surface area contributed by atoms with E-state index in [0.717, 1.165) is 54.7 Å². The van der Waals surface area contributed by atoms with Crippen LogP contribution in [-0.2, 0) is 6.42 Å². The minimum atomic E-state index is 0.0430. The van der Waals surface area contributed by atoms with Crippen LogP contribution in [0.15, 0.2) is 41.1 Å². The normalized spacial score (nSPS) is 16.5. The van der Waals surface area contributed by atoms with E-state index in [4.69, 9.17) is 14.9 Å². The predicted molar refractivity (Wildman–Crippen MR) is 118 cm³/mol. The SMILES string of the molecule is CC(C)Oc1cncc(-c2ccc3c(c2)C(c2nnc(N4CCC(N)CC4)o2)=CC3)n1. The van der Waals surface area contributed by atoms with Crippen molar-refractivity contribution in [2.45, 2.75) is 45.3 Å². The first-order valence-electron chi connectivity index (χ1n) is 10.7. The van der Waals surface area contributed by atoms with E-state index in [1.54, 1.807) is 12.4 Å². The van der Waals surface area contributed by atoms with E-state index < -0.39 is 0 Å². The fraction of sp³-hybridized carbons (Fsp3) is 0.391. The molecule has 1 fully saturated rings. The molecule has 0 amide bonds. The number of aromatic nitrogens is 4. The third-order valence-electron chi connectivity index (χ3n) is 5.65. The topological polar surface area (TPSA) is 103 Å². The third-order valence-corrected chi connectivity index (χ3v) is 5.65. The highest BCUT2D eigenvalue weighted by molar-refractivity contribution is 5.83. The molecule has 2 N–H and O–H groups in total. The van der Waals surface area contributed by atoms with Crippen molar-refractivity contribution in [2.24, 2.45) is 5.73 Å². The maximum Gasteiger partial charge on any atom is 0.318 e. The van der Waals surface area contributed by atoms with Gasteiger partial charge in [0, 0.05) is 30.3 Å². The van der Waals surface area contributed by atoms with Gasteiger partial charge in [0.1, 0.15) is 0 Å². The molecule has 2 aromatic heterocycles. The van der Waals surface area contributed by atoms with Crippen molar-refractivity contribution in [3.63, 3.8) is 0 Å². The number of hydrogen-bond acceptors (Lipinski definition) is 8. The highest BCUT2D eigenvalue weighted by Gasteiger charge is 2.25. The highest BCUT2D eigenvalue weighted by atomic mass is 16.5. The number of nitrogens with zero attached hydrogens (tertiary/aromatic N) is 5. The zero-order chi connectivity index (χ0) is 21.4. The standard InChI is InChI=1S/C23H26N6O2/c1-14(2)30-21-13-25-12-20(26-21)16-4-3-15-5-6-18(19(15)11-16)22-27-28-23(31-22)29-9-7-17(24)8-10-29/h3-4,6,11-14,17H,5,7-10,24H2,1-2H3. The van der Waals surface area contributed by atoms with Gasteiger partial charge in [-0.1, -0.05) is 23.3 Å². The van der Waals surface area contributed by atoms with Crippen molar-refractivity contribution in [3.8, 4) is 17.1 Å². The predicted octanol–water partition coefficient (Wildman–Crippen LogP) is 3.23. The summed E-state index contributed by atoms with van der Waals surface area (Å²) < 4.78 is 11.7. The molecule has 0 bridgehead atoms. The molecule has 0 saturated carbocycles. The largest absolute Gasteiger partial charge is 0.474 e. The highest BCUT2D eigenvalue weighted by Crippen LogP contribution is 2.36. The average Bonchev–Trinajstić information content (AvgIpc) is 3.40. The Hall–Kier alpha value is -3.26. The number of hydrogen-bond donors (Lipinski definition) is 1. The van der Waals surface area contributed by atoms with Crippen LogP contribution < -0.4 is 15.4 Å². The number of piperidine rings is 1. The Labute approximate surface area is 181 Å². The van der Waals surface area contributed by atoms with Crippen molar-refractivity contribution in [2.75, 3.05) is 18.0 Å². The number of fused-ring (bicyclic) bond motifs is 1. The van der Waals surface area contributed by atoms with E-state index >= 15 is 0 Å². The lowest BCUT2D eigenvalue weighted by molar-refractivity contribution is 0.232. The summed E-state index contributed by atoms with van der Waals surface area (Å²) in [5.41, 5.74) is 11.0. The maximum absolute atomic E-state index is 6.05. The van der Waals surface area contributed by atoms with E-state index in [9.17, 15) is 0 Å². The van der Waals surface area contributed by atoms with Crippen LogP contribution >= 0.6 is 0 Å². The number of benzene rings is 1. The Kier molecular flexibility index (Phi) is 5.15. The van der Waals surface area contributed by atoms with Gasteiger partial charge in [-0.3, -0.25) is 4.98 Å². The minimum absolute atomic E-state index is 0.0430. The van der Waals surface area contributed by atoms with Crippen LogP contribution in [0.4, 0.5) is 6.01 Å². The van der Waals surface area contributed by atoms with Gasteiger partial charge in [-0.05, 0) is 50.3 Å². The van der Waals surface area contributed by atoms with E-state index in [-0.39, 0.29) is 12.1 Å². The van der Waals surface area contributed by atoms with Gasteiger partial charge in [0.2, 0.25) is 11.8 Å². The lowest BCUT2D eigenvalue weighted by Gasteiger charge is -2.28. The Balaban J connectivity index is 1.41. The molecule has 1 aromatic carbocycles. The van der Waals surface area contributed by atoms with E-state index in [0.29, 0.717) is 17.8 Å². The zero-order valence-corrected chi connectivity index (χ0v) is 17.8. The van der Waals surface area contributed by atoms with Gasteiger partial charge in [-0.15, -0.1) is 5.10 Å². The Morgan fingerprint density at radius 1 is 1.16 bits per heavy atom. The number of anilines is 1. The summed E-state index contributed by atoms with van der Waals surface area (Å²) in [7, 11) is 0. The molecule has 5 rings (SSSR count). The monoisotopic (exact) mass is 418 g/mol. The summed E-state index contributed by atoms with van der Waals surface area (Å²) in [4.78, 5) is 11.0. The van der Waals surface area contributed by atoms with Gasteiger partial charge < -0.3 is 19.8 Å². The van der Waals surface area contributed by atoms with Crippen molar-refractivity contribution in [1.82, 2.24) is 20.2 Å². The van der Waals surface area contributed by atoms with Gasteiger partial charge in [0.25, 0.3) is 0 Å². The van der Waals surface area contributed by atoms with Gasteiger partial charge in [-0.2, -0.15) is 0 Å². The maximum atomic E-state index is 6.05. The summed E-state index contributed by atoms with van der Waals surface area (Å²) >= 11 is 0. The fourth-order valence-corrected chi connectivity index (χ4v) is 4.02. The third kappa shape index (κ3) is 4.03. The first-order valence-corrected chi connectivity index (χ1v) is 10.7. The van der Waals surface area contributed by atoms with Crippen LogP contribution in [0.5, 0.6) is 5.88 Å². The van der Waals surface area contributed by atoms with Crippen molar-refractivity contribution in [3.05, 3.63) is 53.7 Å². The lowest BCUT2D eigenvalue weighted by Crippen LogP contribution is -2.39. The molecular weight excluding hydrogens is 392 g/mol. The van der Waals surface area contributed by atoms with Crippen molar-refractivity contribution in [1.29, 1.82) is 0 Å². The minimum Gasteiger partial charge on any atom is -0.474 e. The molecule has 0 spiro atoms. The zero-order valence-electron chi connectivity index (χ0n) is 17.8. The van der Waals surface area contributed by atoms with Crippen LogP contribution in [0.1, 0.15) is 43.7 Å². The molecule has 8 heteroatoms. The first-order chi connectivity index (χ1) is 15.1. The molecule has 0 unspecified atom stereocenters. The van der Waals surface area contributed by atoms with Gasteiger partial charge in [0.15, 0.2) is 0 Å². The second-order valence-electron chi connectivity index (χ2n) is 8.32. The van der Waals surface area contributed by atoms with E-state index in [2.05, 4.69) is 49.3 Å². The molecule has 0 atom stereocenters. The Morgan fingerprint density at radius 2 is 2.00 bits per heavy atom. The molecule has 160 valence electrons. The van der Waals surface area contributed by atoms with Crippen LogP contribution in [-0.4, -0.2) is 45.4 Å². The molecule has 1 aliphatic carbocycles. The Morgan fingerprint density at radius 3 is 2.81 bits per heavy atom. The second-order valence-corrected chi connectivity index (χ2v) is 8.32. The number of nitrogens with two attached hydrogens (primary N) is 1. The smallest absolute Gasteiger partial charge is 0.318 e. The second kappa shape index (κ2) is 8.11. The van der Waals surface area contributed by atoms with Crippen LogP contribution in [0.3, 0.4) is 0 Å². The molecule has 3 heterocycles. The van der Waals surface area contributed by atoms with Crippen LogP contribution in [0.2, 0.25) is 0 Å². The van der Waals surface area contributed by atoms with Gasteiger partial charge in [0.05, 0.1) is 24.2 Å². The van der Waals surface area contributed by atoms with E-state index in [1.807, 2.05) is 13.8 Å². The quantitative estimate of drug-likeness (QED) is 0.674. The summed E-state index contributed by atoms with van der Waals surface area (Å²) in [6, 6.07) is 7.12. The summed E-state index contributed by atoms with van der Waals surface area (Å²) in [6.07, 6.45) is 8.28. The average molecular weight is 419 g/mol. The van der Waals surface area contributed by atoms with Crippen molar-refractivity contribution >= 4 is 11.6 Å². The molecule has 1 aliphatic heterocycles. The van der Waals surface area contributed by atoms with Gasteiger partial charge in [-0.25, -0.2) is 4.98 Å². The number of ether oxygens (including phenoxy) is 1.